The van der Waals surface area contributed by atoms with Crippen molar-refractivity contribution in [1.82, 2.24) is 10.3 Å². The number of hydrogen-bond donors (Lipinski definition) is 1. The Kier molecular flexibility index (Phi) is 4.90. The van der Waals surface area contributed by atoms with Crippen LogP contribution in [0.25, 0.3) is 11.8 Å². The number of para-hydroxylation sites is 1. The van der Waals surface area contributed by atoms with Gasteiger partial charge in [-0.3, -0.25) is 15.1 Å². The number of nitrogens with one attached hydrogen (secondary N) is 1. The number of carbonyl (C=O) groups is 1. The summed E-state index contributed by atoms with van der Waals surface area (Å²) < 4.78 is 0. The summed E-state index contributed by atoms with van der Waals surface area (Å²) in [5.74, 6) is 0.779. The summed E-state index contributed by atoms with van der Waals surface area (Å²) in [4.78, 5) is 18.7. The summed E-state index contributed by atoms with van der Waals surface area (Å²) in [6, 6.07) is 11.8. The van der Waals surface area contributed by atoms with Gasteiger partial charge in [0.15, 0.2) is 11.3 Å². The Morgan fingerprint density at radius 2 is 2.19 bits per heavy atom. The van der Waals surface area contributed by atoms with Gasteiger partial charge in [0, 0.05) is 15.8 Å². The van der Waals surface area contributed by atoms with E-state index in [4.69, 9.17) is 4.99 Å². The number of amides is 1. The average molecular weight is 383 g/mol. The van der Waals surface area contributed by atoms with E-state index >= 15 is 0 Å². The van der Waals surface area contributed by atoms with Crippen molar-refractivity contribution in [2.75, 3.05) is 5.75 Å². The lowest BCUT2D eigenvalue weighted by Gasteiger charge is -2.32. The number of thioether (sulfide) groups is 1. The quantitative estimate of drug-likeness (QED) is 0.883. The second kappa shape index (κ2) is 7.47. The molecule has 0 aliphatic carbocycles. The van der Waals surface area contributed by atoms with Crippen molar-refractivity contribution in [3.05, 3.63) is 63.3 Å². The van der Waals surface area contributed by atoms with Crippen molar-refractivity contribution < 1.29 is 4.79 Å². The van der Waals surface area contributed by atoms with Crippen LogP contribution < -0.4 is 15.9 Å². The maximum atomic E-state index is 12.8. The Morgan fingerprint density at radius 3 is 3.00 bits per heavy atom. The number of amidine groups is 1. The van der Waals surface area contributed by atoms with E-state index in [1.807, 2.05) is 47.9 Å². The van der Waals surface area contributed by atoms with Crippen LogP contribution in [0.2, 0.25) is 0 Å². The van der Waals surface area contributed by atoms with E-state index < -0.39 is 0 Å². The SMILES string of the molecule is CCCSC1=NN2C(=c3ccccc3=N[C@H]2/C=C/c2cccs2)C(=O)N1. The lowest BCUT2D eigenvalue weighted by atomic mass is 10.1. The molecule has 2 aliphatic heterocycles. The second-order valence-electron chi connectivity index (χ2n) is 5.84. The van der Waals surface area contributed by atoms with Crippen LogP contribution in [0.15, 0.2) is 57.9 Å². The number of thiophene rings is 1. The number of fused-ring (bicyclic) bond motifs is 2. The maximum absolute atomic E-state index is 12.8. The highest BCUT2D eigenvalue weighted by molar-refractivity contribution is 8.13. The van der Waals surface area contributed by atoms with Gasteiger partial charge in [-0.25, -0.2) is 5.01 Å². The van der Waals surface area contributed by atoms with E-state index in [1.54, 1.807) is 28.1 Å². The maximum Gasteiger partial charge on any atom is 0.276 e. The average Bonchev–Trinajstić information content (AvgIpc) is 3.17. The van der Waals surface area contributed by atoms with E-state index in [9.17, 15) is 4.79 Å². The minimum Gasteiger partial charge on any atom is -0.298 e. The Morgan fingerprint density at radius 1 is 1.31 bits per heavy atom. The highest BCUT2D eigenvalue weighted by Crippen LogP contribution is 2.22. The zero-order valence-corrected chi connectivity index (χ0v) is 15.9. The third kappa shape index (κ3) is 3.32. The molecule has 0 spiro atoms. The molecule has 5 nitrogen and oxygen atoms in total. The molecule has 0 radical (unpaired) electrons. The molecule has 1 aromatic carbocycles. The minimum absolute atomic E-state index is 0.129. The largest absolute Gasteiger partial charge is 0.298 e. The first-order valence-electron chi connectivity index (χ1n) is 8.47. The molecule has 0 bridgehead atoms. The van der Waals surface area contributed by atoms with Crippen molar-refractivity contribution in [1.29, 1.82) is 0 Å². The monoisotopic (exact) mass is 382 g/mol. The van der Waals surface area contributed by atoms with Crippen LogP contribution in [-0.2, 0) is 4.79 Å². The fourth-order valence-corrected chi connectivity index (χ4v) is 4.15. The van der Waals surface area contributed by atoms with Crippen LogP contribution >= 0.6 is 23.1 Å². The van der Waals surface area contributed by atoms with E-state index in [1.165, 1.54) is 0 Å². The summed E-state index contributed by atoms with van der Waals surface area (Å²) in [6.07, 6.45) is 4.70. The first kappa shape index (κ1) is 17.1. The van der Waals surface area contributed by atoms with E-state index in [0.717, 1.165) is 27.6 Å². The molecule has 0 saturated carbocycles. The highest BCUT2D eigenvalue weighted by atomic mass is 32.2. The molecule has 132 valence electrons. The Labute approximate surface area is 159 Å². The van der Waals surface area contributed by atoms with Crippen molar-refractivity contribution >= 4 is 45.9 Å². The summed E-state index contributed by atoms with van der Waals surface area (Å²) in [6.45, 7) is 2.11. The number of nitrogens with zero attached hydrogens (tertiary/aromatic N) is 3. The fourth-order valence-electron chi connectivity index (χ4n) is 2.81. The van der Waals surface area contributed by atoms with Crippen LogP contribution in [0.1, 0.15) is 18.2 Å². The lowest BCUT2D eigenvalue weighted by Crippen LogP contribution is -2.52. The number of hydrogen-bond acceptors (Lipinski definition) is 6. The predicted octanol–water partition coefficient (Wildman–Crippen LogP) is 2.38. The van der Waals surface area contributed by atoms with Gasteiger partial charge in [-0.1, -0.05) is 43.0 Å². The number of carbonyl (C=O) groups excluding carboxylic acids is 1. The lowest BCUT2D eigenvalue weighted by molar-refractivity contribution is -0.116. The molecule has 4 rings (SSSR count). The molecule has 1 atom stereocenters. The first-order valence-corrected chi connectivity index (χ1v) is 10.3. The smallest absolute Gasteiger partial charge is 0.276 e. The second-order valence-corrected chi connectivity index (χ2v) is 7.90. The van der Waals surface area contributed by atoms with Crippen molar-refractivity contribution in [3.8, 4) is 0 Å². The molecular weight excluding hydrogens is 364 g/mol. The molecule has 1 aromatic heterocycles. The van der Waals surface area contributed by atoms with Crippen molar-refractivity contribution in [2.45, 2.75) is 19.5 Å². The standard InChI is InChI=1S/C19H18N4OS2/c1-2-11-26-19-21-18(24)17-14-7-3-4-8-15(14)20-16(23(17)22-19)10-9-13-6-5-12-25-13/h3-10,12,16H,2,11H2,1H3,(H,21,22,24)/b10-9+/t16-/m1/s1. The molecular formula is C19H18N4OS2. The molecule has 0 unspecified atom stereocenters. The van der Waals surface area contributed by atoms with Crippen molar-refractivity contribution in [3.63, 3.8) is 0 Å². The summed E-state index contributed by atoms with van der Waals surface area (Å²) in [5, 5.41) is 13.6. The van der Waals surface area contributed by atoms with Gasteiger partial charge in [-0.15, -0.1) is 16.4 Å². The van der Waals surface area contributed by atoms with Gasteiger partial charge in [0.25, 0.3) is 5.91 Å². The van der Waals surface area contributed by atoms with Gasteiger partial charge >= 0.3 is 0 Å². The zero-order valence-electron chi connectivity index (χ0n) is 14.3. The van der Waals surface area contributed by atoms with Gasteiger partial charge in [0.1, 0.15) is 5.70 Å². The zero-order chi connectivity index (χ0) is 17.9. The molecule has 2 aromatic rings. The topological polar surface area (TPSA) is 57.1 Å². The summed E-state index contributed by atoms with van der Waals surface area (Å²) in [5.41, 5.74) is 0.553. The molecule has 1 amide bonds. The van der Waals surface area contributed by atoms with Crippen LogP contribution in [0.5, 0.6) is 0 Å². The number of hydrazone groups is 1. The van der Waals surface area contributed by atoms with Gasteiger partial charge in [0.05, 0.1) is 5.36 Å². The fraction of sp³-hybridized carbons (Fsp3) is 0.211. The third-order valence-corrected chi connectivity index (χ3v) is 5.87. The Hall–Kier alpha value is -2.38. The van der Waals surface area contributed by atoms with E-state index in [0.29, 0.717) is 10.9 Å². The Balaban J connectivity index is 1.79. The van der Waals surface area contributed by atoms with Crippen molar-refractivity contribution in [2.24, 2.45) is 10.1 Å². The van der Waals surface area contributed by atoms with E-state index in [-0.39, 0.29) is 12.1 Å². The first-order chi connectivity index (χ1) is 12.8. The van der Waals surface area contributed by atoms with Gasteiger partial charge in [-0.05, 0) is 36.1 Å². The van der Waals surface area contributed by atoms with Gasteiger partial charge in [-0.2, -0.15) is 0 Å². The summed E-state index contributed by atoms with van der Waals surface area (Å²) >= 11 is 3.22. The van der Waals surface area contributed by atoms with E-state index in [2.05, 4.69) is 23.4 Å². The highest BCUT2D eigenvalue weighted by Gasteiger charge is 2.32. The number of benzene rings is 1. The molecule has 2 aliphatic rings. The Bertz CT molecular complexity index is 995. The molecule has 0 saturated heterocycles. The molecule has 0 fully saturated rings. The number of rotatable bonds is 4. The van der Waals surface area contributed by atoms with Crippen LogP contribution in [0.4, 0.5) is 0 Å². The van der Waals surface area contributed by atoms with Gasteiger partial charge in [0.2, 0.25) is 0 Å². The molecule has 7 heteroatoms. The molecule has 1 N–H and O–H groups in total. The molecule has 26 heavy (non-hydrogen) atoms. The van der Waals surface area contributed by atoms with Crippen LogP contribution in [0.3, 0.4) is 0 Å². The predicted molar refractivity (Wildman–Crippen MR) is 108 cm³/mol. The summed E-state index contributed by atoms with van der Waals surface area (Å²) in [7, 11) is 0. The third-order valence-electron chi connectivity index (χ3n) is 3.96. The minimum atomic E-state index is -0.342. The van der Waals surface area contributed by atoms with Gasteiger partial charge < -0.3 is 0 Å². The van der Waals surface area contributed by atoms with Crippen LogP contribution in [-0.4, -0.2) is 28.0 Å². The van der Waals surface area contributed by atoms with Crippen LogP contribution in [0, 0.1) is 0 Å². The normalized spacial score (nSPS) is 18.9. The molecule has 3 heterocycles.